The highest BCUT2D eigenvalue weighted by molar-refractivity contribution is 7.90. The number of benzene rings is 2. The van der Waals surface area contributed by atoms with Gasteiger partial charge in [-0.25, -0.2) is 18.4 Å². The molecule has 1 amide bonds. The van der Waals surface area contributed by atoms with Crippen molar-refractivity contribution in [2.24, 2.45) is 0 Å². The minimum Gasteiger partial charge on any atom is -0.382 e. The normalized spacial score (nSPS) is 11.2. The lowest BCUT2D eigenvalue weighted by atomic mass is 10.1. The SMILES string of the molecule is Cc1cnccc1-c1cnc(N)c(-c2ccc(C(=O)NCc3cccc(S(C)(=O)=O)c3)cc2)n1. The van der Waals surface area contributed by atoms with E-state index in [1.807, 2.05) is 13.0 Å². The first kappa shape index (κ1) is 23.1. The number of sulfone groups is 1. The second-order valence-corrected chi connectivity index (χ2v) is 9.88. The number of aryl methyl sites for hydroxylation is 1. The molecule has 2 heterocycles. The first-order valence-electron chi connectivity index (χ1n) is 10.4. The molecule has 172 valence electrons. The Bertz CT molecular complexity index is 1470. The van der Waals surface area contributed by atoms with E-state index in [-0.39, 0.29) is 17.3 Å². The van der Waals surface area contributed by atoms with Gasteiger partial charge in [0, 0.05) is 41.9 Å². The van der Waals surface area contributed by atoms with Crippen LogP contribution in [0.25, 0.3) is 22.5 Å². The molecule has 2 aromatic heterocycles. The summed E-state index contributed by atoms with van der Waals surface area (Å²) >= 11 is 0. The molecule has 34 heavy (non-hydrogen) atoms. The Morgan fingerprint density at radius 2 is 1.82 bits per heavy atom. The smallest absolute Gasteiger partial charge is 0.251 e. The standard InChI is InChI=1S/C25H23N5O3S/c1-16-13-27-11-10-21(16)22-15-28-24(26)23(30-22)18-6-8-19(9-7-18)25(31)29-14-17-4-3-5-20(12-17)34(2,32)33/h3-13,15H,14H2,1-2H3,(H2,26,28)(H,29,31). The van der Waals surface area contributed by atoms with E-state index in [1.165, 1.54) is 6.07 Å². The number of rotatable bonds is 6. The molecular formula is C25H23N5O3S. The third kappa shape index (κ3) is 5.10. The van der Waals surface area contributed by atoms with Gasteiger partial charge in [-0.2, -0.15) is 0 Å². The van der Waals surface area contributed by atoms with Crippen molar-refractivity contribution in [3.8, 4) is 22.5 Å². The lowest BCUT2D eigenvalue weighted by molar-refractivity contribution is 0.0951. The fraction of sp³-hybridized carbons (Fsp3) is 0.120. The predicted molar refractivity (Wildman–Crippen MR) is 131 cm³/mol. The monoisotopic (exact) mass is 473 g/mol. The van der Waals surface area contributed by atoms with E-state index in [9.17, 15) is 13.2 Å². The molecule has 0 unspecified atom stereocenters. The van der Waals surface area contributed by atoms with Crippen LogP contribution in [-0.4, -0.2) is 35.5 Å². The number of aromatic nitrogens is 3. The zero-order chi connectivity index (χ0) is 24.3. The Kier molecular flexibility index (Phi) is 6.38. The molecule has 0 aliphatic heterocycles. The number of pyridine rings is 1. The van der Waals surface area contributed by atoms with Crippen molar-refractivity contribution in [1.29, 1.82) is 0 Å². The molecule has 0 aliphatic rings. The minimum absolute atomic E-state index is 0.204. The van der Waals surface area contributed by atoms with Crippen molar-refractivity contribution in [2.75, 3.05) is 12.0 Å². The second kappa shape index (κ2) is 9.40. The summed E-state index contributed by atoms with van der Waals surface area (Å²) in [5.74, 6) is 0.00921. The topological polar surface area (TPSA) is 128 Å². The van der Waals surface area contributed by atoms with Crippen molar-refractivity contribution < 1.29 is 13.2 Å². The van der Waals surface area contributed by atoms with E-state index in [2.05, 4.69) is 20.3 Å². The quantitative estimate of drug-likeness (QED) is 0.439. The van der Waals surface area contributed by atoms with E-state index in [1.54, 1.807) is 61.1 Å². The zero-order valence-electron chi connectivity index (χ0n) is 18.7. The van der Waals surface area contributed by atoms with Gasteiger partial charge in [-0.1, -0.05) is 24.3 Å². The van der Waals surface area contributed by atoms with Crippen molar-refractivity contribution in [1.82, 2.24) is 20.3 Å². The summed E-state index contributed by atoms with van der Waals surface area (Å²) in [4.78, 5) is 25.9. The average Bonchev–Trinajstić information content (AvgIpc) is 2.83. The van der Waals surface area contributed by atoms with Crippen molar-refractivity contribution >= 4 is 21.6 Å². The molecule has 9 heteroatoms. The molecule has 0 saturated heterocycles. The van der Waals surface area contributed by atoms with Crippen molar-refractivity contribution in [3.63, 3.8) is 0 Å². The maximum absolute atomic E-state index is 12.6. The number of carbonyl (C=O) groups is 1. The van der Waals surface area contributed by atoms with Crippen LogP contribution >= 0.6 is 0 Å². The number of hydrogen-bond acceptors (Lipinski definition) is 7. The van der Waals surface area contributed by atoms with Gasteiger partial charge in [-0.3, -0.25) is 9.78 Å². The van der Waals surface area contributed by atoms with Gasteiger partial charge in [-0.15, -0.1) is 0 Å². The largest absolute Gasteiger partial charge is 0.382 e. The van der Waals surface area contributed by atoms with Crippen LogP contribution in [0.1, 0.15) is 21.5 Å². The lowest BCUT2D eigenvalue weighted by Gasteiger charge is -2.10. The van der Waals surface area contributed by atoms with Gasteiger partial charge >= 0.3 is 0 Å². The number of nitrogen functional groups attached to an aromatic ring is 1. The fourth-order valence-electron chi connectivity index (χ4n) is 3.45. The molecule has 0 saturated carbocycles. The Morgan fingerprint density at radius 3 is 2.53 bits per heavy atom. The van der Waals surface area contributed by atoms with Crippen LogP contribution in [0.5, 0.6) is 0 Å². The zero-order valence-corrected chi connectivity index (χ0v) is 19.5. The van der Waals surface area contributed by atoms with Crippen LogP contribution in [0.4, 0.5) is 5.82 Å². The fourth-order valence-corrected chi connectivity index (χ4v) is 4.14. The molecule has 0 spiro atoms. The number of anilines is 1. The number of nitrogens with two attached hydrogens (primary N) is 1. The third-order valence-electron chi connectivity index (χ3n) is 5.30. The van der Waals surface area contributed by atoms with Gasteiger partial charge < -0.3 is 11.1 Å². The molecule has 4 aromatic rings. The van der Waals surface area contributed by atoms with E-state index in [0.29, 0.717) is 28.3 Å². The number of hydrogen-bond donors (Lipinski definition) is 2. The Labute approximate surface area is 197 Å². The molecule has 0 aliphatic carbocycles. The first-order chi connectivity index (χ1) is 16.2. The Hall–Kier alpha value is -4.11. The van der Waals surface area contributed by atoms with Gasteiger partial charge in [0.2, 0.25) is 0 Å². The first-order valence-corrected chi connectivity index (χ1v) is 12.3. The van der Waals surface area contributed by atoms with Crippen LogP contribution in [0, 0.1) is 6.92 Å². The summed E-state index contributed by atoms with van der Waals surface area (Å²) in [5.41, 5.74) is 11.1. The second-order valence-electron chi connectivity index (χ2n) is 7.86. The van der Waals surface area contributed by atoms with E-state index < -0.39 is 9.84 Å². The minimum atomic E-state index is -3.31. The highest BCUT2D eigenvalue weighted by atomic mass is 32.2. The average molecular weight is 474 g/mol. The van der Waals surface area contributed by atoms with Crippen LogP contribution < -0.4 is 11.1 Å². The number of nitrogens with zero attached hydrogens (tertiary/aromatic N) is 3. The Morgan fingerprint density at radius 1 is 1.06 bits per heavy atom. The van der Waals surface area contributed by atoms with Gasteiger partial charge in [0.05, 0.1) is 16.8 Å². The van der Waals surface area contributed by atoms with Crippen LogP contribution in [-0.2, 0) is 16.4 Å². The van der Waals surface area contributed by atoms with Crippen molar-refractivity contribution in [3.05, 3.63) is 89.9 Å². The lowest BCUT2D eigenvalue weighted by Crippen LogP contribution is -2.22. The molecule has 4 rings (SSSR count). The van der Waals surface area contributed by atoms with Crippen LogP contribution in [0.15, 0.2) is 78.1 Å². The third-order valence-corrected chi connectivity index (χ3v) is 6.41. The molecule has 0 radical (unpaired) electrons. The van der Waals surface area contributed by atoms with E-state index >= 15 is 0 Å². The molecule has 0 bridgehead atoms. The summed E-state index contributed by atoms with van der Waals surface area (Å²) in [6, 6.07) is 15.3. The van der Waals surface area contributed by atoms with Crippen molar-refractivity contribution in [2.45, 2.75) is 18.4 Å². The van der Waals surface area contributed by atoms with Gasteiger partial charge in [0.25, 0.3) is 5.91 Å². The maximum Gasteiger partial charge on any atom is 0.251 e. The number of amides is 1. The summed E-state index contributed by atoms with van der Waals surface area (Å²) < 4.78 is 23.5. The summed E-state index contributed by atoms with van der Waals surface area (Å²) in [6.07, 6.45) is 6.24. The van der Waals surface area contributed by atoms with Gasteiger partial charge in [-0.05, 0) is 48.4 Å². The molecular weight excluding hydrogens is 450 g/mol. The number of carbonyl (C=O) groups excluding carboxylic acids is 1. The van der Waals surface area contributed by atoms with Gasteiger partial charge in [0.1, 0.15) is 11.5 Å². The summed E-state index contributed by atoms with van der Waals surface area (Å²) in [7, 11) is -3.31. The summed E-state index contributed by atoms with van der Waals surface area (Å²) in [5, 5.41) is 2.81. The Balaban J connectivity index is 1.51. The predicted octanol–water partition coefficient (Wildman–Crippen LogP) is 3.43. The van der Waals surface area contributed by atoms with E-state index in [0.717, 1.165) is 22.9 Å². The highest BCUT2D eigenvalue weighted by Crippen LogP contribution is 2.27. The highest BCUT2D eigenvalue weighted by Gasteiger charge is 2.13. The maximum atomic E-state index is 12.6. The molecule has 3 N–H and O–H groups in total. The molecule has 8 nitrogen and oxygen atoms in total. The van der Waals surface area contributed by atoms with E-state index in [4.69, 9.17) is 5.73 Å². The summed E-state index contributed by atoms with van der Waals surface area (Å²) in [6.45, 7) is 2.15. The van der Waals surface area contributed by atoms with Gasteiger partial charge in [0.15, 0.2) is 9.84 Å². The number of nitrogens with one attached hydrogen (secondary N) is 1. The van der Waals surface area contributed by atoms with Crippen LogP contribution in [0.2, 0.25) is 0 Å². The van der Waals surface area contributed by atoms with Crippen LogP contribution in [0.3, 0.4) is 0 Å². The molecule has 0 fully saturated rings. The molecule has 0 atom stereocenters. The molecule has 2 aromatic carbocycles.